The molecule has 2 aromatic rings. The zero-order chi connectivity index (χ0) is 18.5. The molecule has 27 heavy (non-hydrogen) atoms. The van der Waals surface area contributed by atoms with Gasteiger partial charge < -0.3 is 14.5 Å². The van der Waals surface area contributed by atoms with Gasteiger partial charge in [0.1, 0.15) is 0 Å². The molecular formula is C23H31N3O. The second kappa shape index (κ2) is 8.85. The van der Waals surface area contributed by atoms with Crippen molar-refractivity contribution in [2.45, 2.75) is 51.4 Å². The number of aryl methyl sites for hydroxylation is 1. The molecule has 0 aliphatic carbocycles. The van der Waals surface area contributed by atoms with Crippen molar-refractivity contribution in [3.63, 3.8) is 0 Å². The van der Waals surface area contributed by atoms with Crippen molar-refractivity contribution in [2.24, 2.45) is 0 Å². The van der Waals surface area contributed by atoms with E-state index in [2.05, 4.69) is 52.0 Å². The van der Waals surface area contributed by atoms with Crippen LogP contribution >= 0.6 is 0 Å². The number of likely N-dealkylation sites (tertiary alicyclic amines) is 1. The van der Waals surface area contributed by atoms with Gasteiger partial charge in [-0.3, -0.25) is 4.98 Å². The second-order valence-corrected chi connectivity index (χ2v) is 7.96. The Kier molecular flexibility index (Phi) is 6.05. The Morgan fingerprint density at radius 3 is 2.37 bits per heavy atom. The van der Waals surface area contributed by atoms with Crippen molar-refractivity contribution in [2.75, 3.05) is 31.1 Å². The van der Waals surface area contributed by atoms with Crippen LogP contribution in [0.2, 0.25) is 0 Å². The minimum atomic E-state index is 0.397. The highest BCUT2D eigenvalue weighted by molar-refractivity contribution is 5.47. The number of benzene rings is 1. The number of nitrogens with zero attached hydrogens (tertiary/aromatic N) is 3. The number of pyridine rings is 1. The molecule has 1 aromatic heterocycles. The molecule has 4 heteroatoms. The van der Waals surface area contributed by atoms with Gasteiger partial charge in [0, 0.05) is 50.3 Å². The summed E-state index contributed by atoms with van der Waals surface area (Å²) < 4.78 is 6.11. The topological polar surface area (TPSA) is 28.6 Å². The van der Waals surface area contributed by atoms with Crippen LogP contribution in [0.15, 0.2) is 48.8 Å². The maximum absolute atomic E-state index is 6.11. The van der Waals surface area contributed by atoms with E-state index in [0.29, 0.717) is 12.7 Å². The first-order valence-corrected chi connectivity index (χ1v) is 10.3. The third-order valence-electron chi connectivity index (χ3n) is 6.07. The first-order chi connectivity index (χ1) is 13.3. The minimum absolute atomic E-state index is 0.397. The van der Waals surface area contributed by atoms with Gasteiger partial charge in [0.25, 0.3) is 0 Å². The van der Waals surface area contributed by atoms with Crippen LogP contribution in [0, 0.1) is 6.92 Å². The zero-order valence-electron chi connectivity index (χ0n) is 16.4. The highest BCUT2D eigenvalue weighted by Crippen LogP contribution is 2.26. The molecule has 0 unspecified atom stereocenters. The first-order valence-electron chi connectivity index (χ1n) is 10.3. The molecule has 4 rings (SSSR count). The van der Waals surface area contributed by atoms with Crippen molar-refractivity contribution >= 4 is 5.69 Å². The Hall–Kier alpha value is -1.91. The first kappa shape index (κ1) is 18.5. The van der Waals surface area contributed by atoms with Gasteiger partial charge in [-0.1, -0.05) is 23.8 Å². The molecular weight excluding hydrogens is 334 g/mol. The lowest BCUT2D eigenvalue weighted by Gasteiger charge is -2.42. The van der Waals surface area contributed by atoms with E-state index < -0.39 is 0 Å². The van der Waals surface area contributed by atoms with E-state index in [0.717, 1.165) is 18.9 Å². The summed E-state index contributed by atoms with van der Waals surface area (Å²) in [7, 11) is 0. The van der Waals surface area contributed by atoms with Gasteiger partial charge in [-0.25, -0.2) is 0 Å². The molecule has 0 saturated carbocycles. The number of hydrogen-bond donors (Lipinski definition) is 0. The smallest absolute Gasteiger partial charge is 0.0735 e. The lowest BCUT2D eigenvalue weighted by Crippen LogP contribution is -2.48. The van der Waals surface area contributed by atoms with Gasteiger partial charge in [0.2, 0.25) is 0 Å². The fourth-order valence-electron chi connectivity index (χ4n) is 4.35. The zero-order valence-corrected chi connectivity index (χ0v) is 16.4. The number of aromatic nitrogens is 1. The number of piperidine rings is 2. The highest BCUT2D eigenvalue weighted by atomic mass is 16.5. The third-order valence-corrected chi connectivity index (χ3v) is 6.07. The SMILES string of the molecule is Cc1ccc(N2CCC(N3CCC(OCc4cccnc4)CC3)CC2)cc1. The van der Waals surface area contributed by atoms with Crippen LogP contribution in [0.1, 0.15) is 36.8 Å². The van der Waals surface area contributed by atoms with Crippen molar-refractivity contribution in [3.8, 4) is 0 Å². The second-order valence-electron chi connectivity index (χ2n) is 7.96. The van der Waals surface area contributed by atoms with Crippen molar-refractivity contribution < 1.29 is 4.74 Å². The van der Waals surface area contributed by atoms with Crippen molar-refractivity contribution in [3.05, 3.63) is 59.9 Å². The standard InChI is InChI=1S/C23H31N3O/c1-19-4-6-21(7-5-19)25-13-8-22(9-14-25)26-15-10-23(11-16-26)27-18-20-3-2-12-24-17-20/h2-7,12,17,22-23H,8-11,13-16,18H2,1H3. The fraction of sp³-hybridized carbons (Fsp3) is 0.522. The summed E-state index contributed by atoms with van der Waals surface area (Å²) in [6.45, 7) is 7.53. The van der Waals surface area contributed by atoms with E-state index in [1.165, 1.54) is 55.8 Å². The van der Waals surface area contributed by atoms with Crippen molar-refractivity contribution in [1.29, 1.82) is 0 Å². The predicted molar refractivity (Wildman–Crippen MR) is 110 cm³/mol. The molecule has 2 aliphatic rings. The maximum Gasteiger partial charge on any atom is 0.0735 e. The highest BCUT2D eigenvalue weighted by Gasteiger charge is 2.28. The molecule has 144 valence electrons. The maximum atomic E-state index is 6.11. The molecule has 4 nitrogen and oxygen atoms in total. The van der Waals surface area contributed by atoms with Crippen LogP contribution in [0.4, 0.5) is 5.69 Å². The Morgan fingerprint density at radius 1 is 0.963 bits per heavy atom. The molecule has 0 radical (unpaired) electrons. The van der Waals surface area contributed by atoms with E-state index in [9.17, 15) is 0 Å². The van der Waals surface area contributed by atoms with Crippen LogP contribution in [-0.4, -0.2) is 48.2 Å². The molecule has 2 fully saturated rings. The Bertz CT molecular complexity index is 687. The normalized spacial score (nSPS) is 20.1. The van der Waals surface area contributed by atoms with Gasteiger partial charge in [0.15, 0.2) is 0 Å². The summed E-state index contributed by atoms with van der Waals surface area (Å²) >= 11 is 0. The monoisotopic (exact) mass is 365 g/mol. The van der Waals surface area contributed by atoms with Gasteiger partial charge >= 0.3 is 0 Å². The predicted octanol–water partition coefficient (Wildman–Crippen LogP) is 4.04. The number of hydrogen-bond acceptors (Lipinski definition) is 4. The molecule has 0 atom stereocenters. The van der Waals surface area contributed by atoms with Crippen LogP contribution in [0.25, 0.3) is 0 Å². The summed E-state index contributed by atoms with van der Waals surface area (Å²) in [6, 6.07) is 13.8. The van der Waals surface area contributed by atoms with E-state index in [1.807, 2.05) is 18.5 Å². The van der Waals surface area contributed by atoms with E-state index in [4.69, 9.17) is 4.74 Å². The lowest BCUT2D eigenvalue weighted by atomic mass is 9.98. The molecule has 1 aromatic carbocycles. The van der Waals surface area contributed by atoms with E-state index >= 15 is 0 Å². The summed E-state index contributed by atoms with van der Waals surface area (Å²) in [5.74, 6) is 0. The van der Waals surface area contributed by atoms with E-state index in [-0.39, 0.29) is 0 Å². The van der Waals surface area contributed by atoms with Crippen LogP contribution in [-0.2, 0) is 11.3 Å². The summed E-state index contributed by atoms with van der Waals surface area (Å²) in [5, 5.41) is 0. The van der Waals surface area contributed by atoms with Crippen LogP contribution in [0.5, 0.6) is 0 Å². The molecule has 3 heterocycles. The van der Waals surface area contributed by atoms with Gasteiger partial charge in [-0.2, -0.15) is 0 Å². The molecule has 0 bridgehead atoms. The van der Waals surface area contributed by atoms with Crippen LogP contribution < -0.4 is 4.90 Å². The van der Waals surface area contributed by atoms with Crippen LogP contribution in [0.3, 0.4) is 0 Å². The van der Waals surface area contributed by atoms with Gasteiger partial charge in [-0.15, -0.1) is 0 Å². The van der Waals surface area contributed by atoms with Crippen molar-refractivity contribution in [1.82, 2.24) is 9.88 Å². The largest absolute Gasteiger partial charge is 0.373 e. The number of anilines is 1. The van der Waals surface area contributed by atoms with Gasteiger partial charge in [-0.05, 0) is 56.4 Å². The average molecular weight is 366 g/mol. The third kappa shape index (κ3) is 4.88. The quantitative estimate of drug-likeness (QED) is 0.799. The van der Waals surface area contributed by atoms with E-state index in [1.54, 1.807) is 0 Å². The number of ether oxygens (including phenoxy) is 1. The molecule has 0 N–H and O–H groups in total. The average Bonchev–Trinajstić information content (AvgIpc) is 2.74. The Morgan fingerprint density at radius 2 is 1.70 bits per heavy atom. The summed E-state index contributed by atoms with van der Waals surface area (Å²) in [6.07, 6.45) is 8.96. The molecule has 0 amide bonds. The number of rotatable bonds is 5. The molecule has 0 spiro atoms. The van der Waals surface area contributed by atoms with Gasteiger partial charge in [0.05, 0.1) is 12.7 Å². The summed E-state index contributed by atoms with van der Waals surface area (Å²) in [4.78, 5) is 9.41. The fourth-order valence-corrected chi connectivity index (χ4v) is 4.35. The summed E-state index contributed by atoms with van der Waals surface area (Å²) in [5.41, 5.74) is 3.88. The lowest BCUT2D eigenvalue weighted by molar-refractivity contribution is -0.0133. The Balaban J connectivity index is 1.20. The molecule has 2 aliphatic heterocycles. The molecule has 2 saturated heterocycles. The minimum Gasteiger partial charge on any atom is -0.373 e. The Labute approximate surface area is 163 Å².